The van der Waals surface area contributed by atoms with E-state index < -0.39 is 22.2 Å². The first-order chi connectivity index (χ1) is 8.83. The topological polar surface area (TPSA) is 93.5 Å². The SMILES string of the molecule is Cc1nn(C)c(Cl)c1S(=O)(=O)N[C@@H]1CCOC[C@H]1O. The summed E-state index contributed by atoms with van der Waals surface area (Å²) in [5.74, 6) is 0. The van der Waals surface area contributed by atoms with Crippen molar-refractivity contribution in [3.05, 3.63) is 10.8 Å². The van der Waals surface area contributed by atoms with Crippen LogP contribution in [0.5, 0.6) is 0 Å². The maximum Gasteiger partial charge on any atom is 0.245 e. The maximum absolute atomic E-state index is 12.3. The summed E-state index contributed by atoms with van der Waals surface area (Å²) < 4.78 is 33.4. The van der Waals surface area contributed by atoms with Crippen LogP contribution in [0, 0.1) is 6.92 Å². The fraction of sp³-hybridized carbons (Fsp3) is 0.700. The molecule has 1 fully saturated rings. The van der Waals surface area contributed by atoms with Gasteiger partial charge >= 0.3 is 0 Å². The molecule has 7 nitrogen and oxygen atoms in total. The summed E-state index contributed by atoms with van der Waals surface area (Å²) in [7, 11) is -2.25. The van der Waals surface area contributed by atoms with E-state index in [2.05, 4.69) is 9.82 Å². The number of aromatic nitrogens is 2. The fourth-order valence-corrected chi connectivity index (χ4v) is 4.09. The first-order valence-corrected chi connectivity index (χ1v) is 7.66. The van der Waals surface area contributed by atoms with E-state index in [-0.39, 0.29) is 16.7 Å². The molecule has 0 amide bonds. The number of nitrogens with zero attached hydrogens (tertiary/aromatic N) is 2. The fourth-order valence-electron chi connectivity index (χ4n) is 2.03. The summed E-state index contributed by atoms with van der Waals surface area (Å²) in [6.45, 7) is 2.10. The molecule has 2 rings (SSSR count). The van der Waals surface area contributed by atoms with Crippen molar-refractivity contribution < 1.29 is 18.3 Å². The predicted octanol–water partition coefficient (Wildman–Crippen LogP) is -0.190. The van der Waals surface area contributed by atoms with E-state index in [1.165, 1.54) is 4.68 Å². The van der Waals surface area contributed by atoms with Gasteiger partial charge in [-0.1, -0.05) is 11.6 Å². The van der Waals surface area contributed by atoms with Gasteiger partial charge in [0.1, 0.15) is 10.0 Å². The zero-order valence-corrected chi connectivity index (χ0v) is 12.2. The molecule has 1 saturated heterocycles. The second kappa shape index (κ2) is 5.37. The standard InChI is InChI=1S/C10H16ClN3O4S/c1-6-9(10(11)14(2)12-6)19(16,17)13-7-3-4-18-5-8(7)15/h7-8,13,15H,3-5H2,1-2H3/t7-,8-/m1/s1. The smallest absolute Gasteiger partial charge is 0.245 e. The van der Waals surface area contributed by atoms with Gasteiger partial charge in [0.25, 0.3) is 0 Å². The quantitative estimate of drug-likeness (QED) is 0.807. The van der Waals surface area contributed by atoms with Gasteiger partial charge in [-0.05, 0) is 13.3 Å². The minimum absolute atomic E-state index is 0.0460. The van der Waals surface area contributed by atoms with Gasteiger partial charge in [0, 0.05) is 13.7 Å². The molecular formula is C10H16ClN3O4S. The van der Waals surface area contributed by atoms with Crippen LogP contribution in [-0.2, 0) is 21.8 Å². The van der Waals surface area contributed by atoms with Crippen molar-refractivity contribution in [2.24, 2.45) is 7.05 Å². The number of hydrogen-bond acceptors (Lipinski definition) is 5. The van der Waals surface area contributed by atoms with Crippen LogP contribution in [0.15, 0.2) is 4.90 Å². The maximum atomic E-state index is 12.3. The van der Waals surface area contributed by atoms with Gasteiger partial charge in [-0.15, -0.1) is 0 Å². The van der Waals surface area contributed by atoms with Crippen molar-refractivity contribution in [1.82, 2.24) is 14.5 Å². The van der Waals surface area contributed by atoms with Crippen molar-refractivity contribution in [2.75, 3.05) is 13.2 Å². The molecule has 2 N–H and O–H groups in total. The van der Waals surface area contributed by atoms with Crippen molar-refractivity contribution >= 4 is 21.6 Å². The van der Waals surface area contributed by atoms with Crippen LogP contribution < -0.4 is 4.72 Å². The third kappa shape index (κ3) is 2.92. The second-order valence-corrected chi connectivity index (χ2v) is 6.50. The number of rotatable bonds is 3. The molecule has 9 heteroatoms. The molecule has 0 aliphatic carbocycles. The number of sulfonamides is 1. The van der Waals surface area contributed by atoms with Crippen LogP contribution in [-0.4, -0.2) is 48.7 Å². The Morgan fingerprint density at radius 3 is 2.79 bits per heavy atom. The Labute approximate surface area is 116 Å². The number of hydrogen-bond donors (Lipinski definition) is 2. The first-order valence-electron chi connectivity index (χ1n) is 5.80. The number of aliphatic hydroxyl groups excluding tert-OH is 1. The van der Waals surface area contributed by atoms with Crippen LogP contribution in [0.4, 0.5) is 0 Å². The second-order valence-electron chi connectivity index (χ2n) is 4.49. The van der Waals surface area contributed by atoms with E-state index in [1.807, 2.05) is 0 Å². The highest BCUT2D eigenvalue weighted by atomic mass is 35.5. The molecule has 0 bridgehead atoms. The minimum atomic E-state index is -3.81. The summed E-state index contributed by atoms with van der Waals surface area (Å²) in [6, 6.07) is -0.575. The van der Waals surface area contributed by atoms with Crippen LogP contribution in [0.3, 0.4) is 0 Å². The Balaban J connectivity index is 2.27. The number of aryl methyl sites for hydroxylation is 2. The van der Waals surface area contributed by atoms with Crippen molar-refractivity contribution in [1.29, 1.82) is 0 Å². The highest BCUT2D eigenvalue weighted by Crippen LogP contribution is 2.24. The van der Waals surface area contributed by atoms with E-state index in [0.29, 0.717) is 18.7 Å². The first kappa shape index (κ1) is 14.7. The molecule has 0 saturated carbocycles. The lowest BCUT2D eigenvalue weighted by Gasteiger charge is -2.28. The number of nitrogens with one attached hydrogen (secondary N) is 1. The monoisotopic (exact) mass is 309 g/mol. The molecule has 19 heavy (non-hydrogen) atoms. The average Bonchev–Trinajstić information content (AvgIpc) is 2.56. The Morgan fingerprint density at radius 1 is 1.58 bits per heavy atom. The molecule has 2 atom stereocenters. The van der Waals surface area contributed by atoms with Gasteiger partial charge in [-0.2, -0.15) is 5.10 Å². The Kier molecular flexibility index (Phi) is 4.17. The molecule has 0 radical (unpaired) electrons. The number of ether oxygens (including phenoxy) is 1. The normalized spacial score (nSPS) is 24.6. The lowest BCUT2D eigenvalue weighted by molar-refractivity contribution is -0.0222. The molecule has 1 aliphatic rings. The van der Waals surface area contributed by atoms with Crippen LogP contribution >= 0.6 is 11.6 Å². The van der Waals surface area contributed by atoms with Crippen molar-refractivity contribution in [2.45, 2.75) is 30.4 Å². The molecular weight excluding hydrogens is 294 g/mol. The van der Waals surface area contributed by atoms with E-state index in [4.69, 9.17) is 16.3 Å². The molecule has 2 heterocycles. The Bertz CT molecular complexity index is 572. The largest absolute Gasteiger partial charge is 0.389 e. The van der Waals surface area contributed by atoms with Crippen LogP contribution in [0.2, 0.25) is 5.15 Å². The molecule has 1 aromatic rings. The third-order valence-corrected chi connectivity index (χ3v) is 5.19. The molecule has 108 valence electrons. The summed E-state index contributed by atoms with van der Waals surface area (Å²) in [6.07, 6.45) is -0.448. The molecule has 1 aliphatic heterocycles. The molecule has 0 unspecified atom stereocenters. The summed E-state index contributed by atoms with van der Waals surface area (Å²) in [4.78, 5) is -0.0460. The lowest BCUT2D eigenvalue weighted by Crippen LogP contribution is -2.48. The van der Waals surface area contributed by atoms with Gasteiger partial charge in [0.15, 0.2) is 0 Å². The number of halogens is 1. The minimum Gasteiger partial charge on any atom is -0.389 e. The highest BCUT2D eigenvalue weighted by Gasteiger charge is 2.32. The summed E-state index contributed by atoms with van der Waals surface area (Å²) in [5, 5.41) is 13.7. The predicted molar refractivity (Wildman–Crippen MR) is 68.5 cm³/mol. The molecule has 0 spiro atoms. The van der Waals surface area contributed by atoms with Gasteiger partial charge < -0.3 is 9.84 Å². The average molecular weight is 310 g/mol. The Morgan fingerprint density at radius 2 is 2.26 bits per heavy atom. The lowest BCUT2D eigenvalue weighted by atomic mass is 10.1. The number of aliphatic hydroxyl groups is 1. The van der Waals surface area contributed by atoms with Gasteiger partial charge in [0.2, 0.25) is 10.0 Å². The molecule has 0 aromatic carbocycles. The van der Waals surface area contributed by atoms with Gasteiger partial charge in [-0.3, -0.25) is 4.68 Å². The Hall–Kier alpha value is -0.670. The molecule has 1 aromatic heterocycles. The van der Waals surface area contributed by atoms with E-state index in [1.54, 1.807) is 14.0 Å². The highest BCUT2D eigenvalue weighted by molar-refractivity contribution is 7.89. The van der Waals surface area contributed by atoms with E-state index in [9.17, 15) is 13.5 Å². The van der Waals surface area contributed by atoms with Crippen molar-refractivity contribution in [3.8, 4) is 0 Å². The van der Waals surface area contributed by atoms with Crippen LogP contribution in [0.1, 0.15) is 12.1 Å². The van der Waals surface area contributed by atoms with E-state index in [0.717, 1.165) is 0 Å². The van der Waals surface area contributed by atoms with Crippen LogP contribution in [0.25, 0.3) is 0 Å². The van der Waals surface area contributed by atoms with Gasteiger partial charge in [0.05, 0.1) is 24.4 Å². The van der Waals surface area contributed by atoms with Gasteiger partial charge in [-0.25, -0.2) is 13.1 Å². The summed E-state index contributed by atoms with van der Waals surface area (Å²) >= 11 is 5.95. The zero-order chi connectivity index (χ0) is 14.2. The summed E-state index contributed by atoms with van der Waals surface area (Å²) in [5.41, 5.74) is 0.321. The zero-order valence-electron chi connectivity index (χ0n) is 10.6. The van der Waals surface area contributed by atoms with E-state index >= 15 is 0 Å². The van der Waals surface area contributed by atoms with Crippen molar-refractivity contribution in [3.63, 3.8) is 0 Å². The third-order valence-electron chi connectivity index (χ3n) is 3.00.